The average Bonchev–Trinajstić information content (AvgIpc) is 3.12. The monoisotopic (exact) mass is 431 g/mol. The van der Waals surface area contributed by atoms with E-state index < -0.39 is 0 Å². The SMILES string of the molecule is CN(C)C12CC(c3ccccc3)C(CN(CCN3CCCCC3)C1)C(c1ccccc1)C2. The Bertz CT molecular complexity index is 794. The molecule has 6 rings (SSSR count). The molecule has 0 spiro atoms. The van der Waals surface area contributed by atoms with Crippen LogP contribution in [0.25, 0.3) is 0 Å². The summed E-state index contributed by atoms with van der Waals surface area (Å²) in [4.78, 5) is 8.13. The molecule has 2 atom stereocenters. The van der Waals surface area contributed by atoms with Crippen LogP contribution in [0, 0.1) is 5.92 Å². The molecule has 172 valence electrons. The Morgan fingerprint density at radius 1 is 0.750 bits per heavy atom. The fraction of sp³-hybridized carbons (Fsp3) is 0.586. The van der Waals surface area contributed by atoms with Crippen molar-refractivity contribution in [1.29, 1.82) is 0 Å². The molecule has 32 heavy (non-hydrogen) atoms. The summed E-state index contributed by atoms with van der Waals surface area (Å²) >= 11 is 0. The Morgan fingerprint density at radius 3 is 1.81 bits per heavy atom. The van der Waals surface area contributed by atoms with Gasteiger partial charge in [-0.05, 0) is 81.7 Å². The number of hydrogen-bond acceptors (Lipinski definition) is 3. The standard InChI is InChI=1S/C29H41N3/c1-30(2)29-20-26(24-12-6-3-7-13-24)28(27(21-29)25-14-8-4-9-15-25)22-32(23-29)19-18-31-16-10-5-11-17-31/h3-4,6-9,12-15,26-28H,5,10-11,16-23H2,1-2H3. The van der Waals surface area contributed by atoms with Crippen molar-refractivity contribution < 1.29 is 0 Å². The number of likely N-dealkylation sites (N-methyl/N-ethyl adjacent to an activating group) is 1. The van der Waals surface area contributed by atoms with Crippen molar-refractivity contribution in [3.63, 3.8) is 0 Å². The van der Waals surface area contributed by atoms with E-state index in [1.54, 1.807) is 11.1 Å². The third kappa shape index (κ3) is 4.53. The number of fused-ring (bicyclic) bond motifs is 4. The van der Waals surface area contributed by atoms with E-state index in [4.69, 9.17) is 0 Å². The summed E-state index contributed by atoms with van der Waals surface area (Å²) < 4.78 is 0. The van der Waals surface area contributed by atoms with Gasteiger partial charge in [-0.2, -0.15) is 0 Å². The predicted octanol–water partition coefficient (Wildman–Crippen LogP) is 5.07. The zero-order chi connectivity index (χ0) is 22.0. The number of benzene rings is 2. The Hall–Kier alpha value is -1.68. The normalized spacial score (nSPS) is 31.7. The molecule has 0 aromatic heterocycles. The molecular weight excluding hydrogens is 390 g/mol. The lowest BCUT2D eigenvalue weighted by Crippen LogP contribution is -2.54. The van der Waals surface area contributed by atoms with Crippen LogP contribution in [0.15, 0.2) is 60.7 Å². The molecule has 0 radical (unpaired) electrons. The topological polar surface area (TPSA) is 9.72 Å². The van der Waals surface area contributed by atoms with Crippen molar-refractivity contribution in [2.75, 3.05) is 53.4 Å². The number of hydrogen-bond donors (Lipinski definition) is 0. The molecule has 3 aliphatic heterocycles. The van der Waals surface area contributed by atoms with Gasteiger partial charge in [-0.25, -0.2) is 0 Å². The lowest BCUT2D eigenvalue weighted by atomic mass is 9.61. The van der Waals surface area contributed by atoms with E-state index in [-0.39, 0.29) is 5.54 Å². The number of likely N-dealkylation sites (tertiary alicyclic amines) is 1. The van der Waals surface area contributed by atoms with Gasteiger partial charge in [-0.1, -0.05) is 67.1 Å². The molecule has 2 aromatic carbocycles. The smallest absolute Gasteiger partial charge is 0.0342 e. The average molecular weight is 432 g/mol. The fourth-order valence-corrected chi connectivity index (χ4v) is 6.92. The summed E-state index contributed by atoms with van der Waals surface area (Å²) in [5.74, 6) is 1.92. The Morgan fingerprint density at radius 2 is 1.28 bits per heavy atom. The molecule has 1 saturated carbocycles. The number of rotatable bonds is 6. The molecule has 3 heteroatoms. The van der Waals surface area contributed by atoms with Crippen LogP contribution in [-0.4, -0.2) is 73.6 Å². The van der Waals surface area contributed by atoms with Crippen LogP contribution in [0.2, 0.25) is 0 Å². The lowest BCUT2D eigenvalue weighted by Gasteiger charge is -2.49. The van der Waals surface area contributed by atoms with Crippen molar-refractivity contribution >= 4 is 0 Å². The van der Waals surface area contributed by atoms with Gasteiger partial charge in [0, 0.05) is 31.7 Å². The van der Waals surface area contributed by atoms with Crippen molar-refractivity contribution in [2.24, 2.45) is 5.92 Å². The second-order valence-corrected chi connectivity index (χ2v) is 10.9. The van der Waals surface area contributed by atoms with Crippen LogP contribution >= 0.6 is 0 Å². The lowest BCUT2D eigenvalue weighted by molar-refractivity contribution is 0.0627. The highest BCUT2D eigenvalue weighted by molar-refractivity contribution is 5.30. The Balaban J connectivity index is 1.47. The van der Waals surface area contributed by atoms with Crippen LogP contribution in [-0.2, 0) is 0 Å². The zero-order valence-corrected chi connectivity index (χ0v) is 20.1. The number of piperidine rings is 1. The molecule has 3 saturated heterocycles. The highest BCUT2D eigenvalue weighted by Gasteiger charge is 2.52. The van der Waals surface area contributed by atoms with E-state index in [1.807, 2.05) is 0 Å². The summed E-state index contributed by atoms with van der Waals surface area (Å²) in [5, 5.41) is 0. The quantitative estimate of drug-likeness (QED) is 0.632. The maximum atomic E-state index is 2.84. The van der Waals surface area contributed by atoms with Gasteiger partial charge in [0.05, 0.1) is 0 Å². The van der Waals surface area contributed by atoms with E-state index in [9.17, 15) is 0 Å². The van der Waals surface area contributed by atoms with Crippen LogP contribution in [0.1, 0.15) is 55.1 Å². The molecule has 4 aliphatic rings. The molecular formula is C29H41N3. The molecule has 2 aromatic rings. The van der Waals surface area contributed by atoms with E-state index in [0.29, 0.717) is 17.8 Å². The molecule has 4 fully saturated rings. The minimum Gasteiger partial charge on any atom is -0.302 e. The highest BCUT2D eigenvalue weighted by atomic mass is 15.3. The van der Waals surface area contributed by atoms with Gasteiger partial charge < -0.3 is 9.80 Å². The minimum atomic E-state index is 0.232. The van der Waals surface area contributed by atoms with Gasteiger partial charge in [-0.3, -0.25) is 4.90 Å². The summed E-state index contributed by atoms with van der Waals surface area (Å²) in [6.45, 7) is 7.49. The van der Waals surface area contributed by atoms with E-state index in [0.717, 1.165) is 0 Å². The van der Waals surface area contributed by atoms with Crippen LogP contribution < -0.4 is 0 Å². The summed E-state index contributed by atoms with van der Waals surface area (Å²) in [5.41, 5.74) is 3.32. The molecule has 0 N–H and O–H groups in total. The fourth-order valence-electron chi connectivity index (χ4n) is 6.92. The summed E-state index contributed by atoms with van der Waals surface area (Å²) in [6.07, 6.45) is 6.74. The van der Waals surface area contributed by atoms with Crippen molar-refractivity contribution in [3.05, 3.63) is 71.8 Å². The largest absolute Gasteiger partial charge is 0.302 e. The minimum absolute atomic E-state index is 0.232. The third-order valence-corrected chi connectivity index (χ3v) is 8.81. The molecule has 1 aliphatic carbocycles. The van der Waals surface area contributed by atoms with Crippen LogP contribution in [0.3, 0.4) is 0 Å². The second kappa shape index (κ2) is 9.67. The number of nitrogens with zero attached hydrogens (tertiary/aromatic N) is 3. The van der Waals surface area contributed by atoms with Crippen molar-refractivity contribution in [3.8, 4) is 0 Å². The highest BCUT2D eigenvalue weighted by Crippen LogP contribution is 2.54. The maximum Gasteiger partial charge on any atom is 0.0342 e. The summed E-state index contributed by atoms with van der Waals surface area (Å²) in [7, 11) is 4.66. The van der Waals surface area contributed by atoms with Gasteiger partial charge in [0.1, 0.15) is 0 Å². The van der Waals surface area contributed by atoms with Gasteiger partial charge in [0.15, 0.2) is 0 Å². The van der Waals surface area contributed by atoms with Crippen molar-refractivity contribution in [2.45, 2.75) is 49.5 Å². The predicted molar refractivity (Wildman–Crippen MR) is 134 cm³/mol. The van der Waals surface area contributed by atoms with Crippen molar-refractivity contribution in [1.82, 2.24) is 14.7 Å². The molecule has 3 nitrogen and oxygen atoms in total. The van der Waals surface area contributed by atoms with Gasteiger partial charge in [-0.15, -0.1) is 0 Å². The van der Waals surface area contributed by atoms with Crippen LogP contribution in [0.4, 0.5) is 0 Å². The summed E-state index contributed by atoms with van der Waals surface area (Å²) in [6, 6.07) is 22.8. The maximum absolute atomic E-state index is 2.84. The zero-order valence-electron chi connectivity index (χ0n) is 20.1. The Labute approximate surface area is 195 Å². The van der Waals surface area contributed by atoms with E-state index in [1.165, 1.54) is 71.4 Å². The first-order chi connectivity index (χ1) is 15.6. The molecule has 3 heterocycles. The second-order valence-electron chi connectivity index (χ2n) is 10.9. The molecule has 2 bridgehead atoms. The first-order valence-corrected chi connectivity index (χ1v) is 12.9. The van der Waals surface area contributed by atoms with Gasteiger partial charge >= 0.3 is 0 Å². The molecule has 2 unspecified atom stereocenters. The van der Waals surface area contributed by atoms with Crippen LogP contribution in [0.5, 0.6) is 0 Å². The van der Waals surface area contributed by atoms with Gasteiger partial charge in [0.2, 0.25) is 0 Å². The Kier molecular flexibility index (Phi) is 6.69. The van der Waals surface area contributed by atoms with E-state index in [2.05, 4.69) is 89.5 Å². The molecule has 0 amide bonds. The van der Waals surface area contributed by atoms with E-state index >= 15 is 0 Å². The third-order valence-electron chi connectivity index (χ3n) is 8.81. The first-order valence-electron chi connectivity index (χ1n) is 12.9. The first kappa shape index (κ1) is 22.1. The van der Waals surface area contributed by atoms with Gasteiger partial charge in [0.25, 0.3) is 0 Å².